The smallest absolute Gasteiger partial charge is 0.244 e. The number of carbonyl (C=O) groups is 2. The van der Waals surface area contributed by atoms with Crippen molar-refractivity contribution in [1.29, 1.82) is 0 Å². The van der Waals surface area contributed by atoms with Crippen molar-refractivity contribution in [2.75, 3.05) is 17.1 Å². The molecule has 1 fully saturated rings. The fraction of sp³-hybridized carbons (Fsp3) is 0.440. The van der Waals surface area contributed by atoms with Crippen molar-refractivity contribution in [3.63, 3.8) is 0 Å². The molecule has 0 heterocycles. The summed E-state index contributed by atoms with van der Waals surface area (Å²) in [5, 5.41) is 3.69. The molecule has 0 aliphatic heterocycles. The minimum Gasteiger partial charge on any atom is -0.352 e. The number of hydrogen-bond donors (Lipinski definition) is 1. The Hall–Kier alpha value is -2.36. The van der Waals surface area contributed by atoms with E-state index in [1.807, 2.05) is 0 Å². The van der Waals surface area contributed by atoms with Crippen molar-refractivity contribution in [3.8, 4) is 0 Å². The van der Waals surface area contributed by atoms with Crippen LogP contribution in [0.3, 0.4) is 0 Å². The van der Waals surface area contributed by atoms with E-state index in [4.69, 9.17) is 23.2 Å². The number of rotatable bonds is 10. The Kier molecular flexibility index (Phi) is 9.60. The number of nitrogens with one attached hydrogen (secondary N) is 1. The number of hydrogen-bond acceptors (Lipinski definition) is 4. The largest absolute Gasteiger partial charge is 0.352 e. The van der Waals surface area contributed by atoms with Crippen molar-refractivity contribution in [2.24, 2.45) is 0 Å². The Morgan fingerprint density at radius 3 is 2.28 bits per heavy atom. The van der Waals surface area contributed by atoms with Crippen LogP contribution in [-0.4, -0.2) is 50.0 Å². The highest BCUT2D eigenvalue weighted by Gasteiger charge is 2.33. The minimum absolute atomic E-state index is 0.0212. The number of halogens is 3. The van der Waals surface area contributed by atoms with Crippen LogP contribution >= 0.6 is 23.2 Å². The van der Waals surface area contributed by atoms with Crippen molar-refractivity contribution >= 4 is 50.7 Å². The molecule has 0 saturated heterocycles. The molecule has 0 unspecified atom stereocenters. The average molecular weight is 559 g/mol. The highest BCUT2D eigenvalue weighted by molar-refractivity contribution is 7.92. The average Bonchev–Trinajstić information content (AvgIpc) is 3.32. The van der Waals surface area contributed by atoms with Gasteiger partial charge in [-0.1, -0.05) is 49.0 Å². The van der Waals surface area contributed by atoms with Crippen LogP contribution in [0, 0.1) is 5.82 Å². The van der Waals surface area contributed by atoms with Gasteiger partial charge in [0.2, 0.25) is 21.8 Å². The maximum absolute atomic E-state index is 13.6. The summed E-state index contributed by atoms with van der Waals surface area (Å²) in [4.78, 5) is 28.3. The summed E-state index contributed by atoms with van der Waals surface area (Å²) >= 11 is 12.2. The van der Waals surface area contributed by atoms with E-state index in [1.165, 1.54) is 17.0 Å². The van der Waals surface area contributed by atoms with Crippen molar-refractivity contribution in [3.05, 3.63) is 63.9 Å². The van der Waals surface area contributed by atoms with Gasteiger partial charge in [-0.05, 0) is 61.2 Å². The number of amides is 2. The SMILES string of the molecule is CC[C@@H](C(=O)NC1CCCC1)N(Cc1ccc(Cl)c(Cl)c1)C(=O)CN(c1ccc(F)cc1)S(C)(=O)=O. The third kappa shape index (κ3) is 7.33. The molecule has 0 bridgehead atoms. The van der Waals surface area contributed by atoms with Gasteiger partial charge in [-0.3, -0.25) is 13.9 Å². The van der Waals surface area contributed by atoms with E-state index >= 15 is 0 Å². The summed E-state index contributed by atoms with van der Waals surface area (Å²) in [6, 6.07) is 8.95. The number of anilines is 1. The molecule has 11 heteroatoms. The predicted octanol–water partition coefficient (Wildman–Crippen LogP) is 4.76. The number of carbonyl (C=O) groups excluding carboxylic acids is 2. The van der Waals surface area contributed by atoms with Crippen molar-refractivity contribution < 1.29 is 22.4 Å². The molecule has 1 N–H and O–H groups in total. The summed E-state index contributed by atoms with van der Waals surface area (Å²) in [7, 11) is -3.89. The lowest BCUT2D eigenvalue weighted by molar-refractivity contribution is -0.140. The van der Waals surface area contributed by atoms with Crippen LogP contribution in [-0.2, 0) is 26.2 Å². The standard InChI is InChI=1S/C25H30Cl2FN3O4S/c1-3-23(25(33)29-19-6-4-5-7-19)30(15-17-8-13-21(26)22(27)14-17)24(32)16-31(36(2,34)35)20-11-9-18(28)10-12-20/h8-14,19,23H,3-7,15-16H2,1-2H3,(H,29,33)/t23-/m0/s1. The summed E-state index contributed by atoms with van der Waals surface area (Å²) in [6.07, 6.45) is 5.13. The first-order valence-corrected chi connectivity index (χ1v) is 14.4. The molecule has 2 aromatic rings. The lowest BCUT2D eigenvalue weighted by atomic mass is 10.1. The van der Waals surface area contributed by atoms with E-state index in [0.29, 0.717) is 22.0 Å². The van der Waals surface area contributed by atoms with Gasteiger partial charge < -0.3 is 10.2 Å². The van der Waals surface area contributed by atoms with E-state index in [1.54, 1.807) is 25.1 Å². The Morgan fingerprint density at radius 1 is 1.08 bits per heavy atom. The van der Waals surface area contributed by atoms with Crippen LogP contribution in [0.15, 0.2) is 42.5 Å². The zero-order valence-corrected chi connectivity index (χ0v) is 22.5. The minimum atomic E-state index is -3.89. The third-order valence-electron chi connectivity index (χ3n) is 6.22. The molecule has 0 aromatic heterocycles. The van der Waals surface area contributed by atoms with E-state index < -0.39 is 34.3 Å². The molecule has 1 aliphatic rings. The topological polar surface area (TPSA) is 86.8 Å². The van der Waals surface area contributed by atoms with Gasteiger partial charge in [-0.25, -0.2) is 12.8 Å². The molecule has 1 aliphatic carbocycles. The zero-order chi connectivity index (χ0) is 26.5. The van der Waals surface area contributed by atoms with Crippen LogP contribution in [0.4, 0.5) is 10.1 Å². The first kappa shape index (κ1) is 28.2. The number of nitrogens with zero attached hydrogens (tertiary/aromatic N) is 2. The summed E-state index contributed by atoms with van der Waals surface area (Å²) in [6.45, 7) is 1.26. The number of benzene rings is 2. The summed E-state index contributed by atoms with van der Waals surface area (Å²) in [5.41, 5.74) is 0.780. The Balaban J connectivity index is 1.93. The van der Waals surface area contributed by atoms with Gasteiger partial charge in [0.1, 0.15) is 18.4 Å². The molecule has 1 saturated carbocycles. The molecule has 0 radical (unpaired) electrons. The number of sulfonamides is 1. The lowest BCUT2D eigenvalue weighted by Gasteiger charge is -2.33. The third-order valence-corrected chi connectivity index (χ3v) is 8.10. The van der Waals surface area contributed by atoms with Gasteiger partial charge in [0.15, 0.2) is 0 Å². The van der Waals surface area contributed by atoms with Gasteiger partial charge in [0, 0.05) is 12.6 Å². The zero-order valence-electron chi connectivity index (χ0n) is 20.2. The van der Waals surface area contributed by atoms with Crippen LogP contribution in [0.1, 0.15) is 44.6 Å². The Labute approximate surface area is 221 Å². The quantitative estimate of drug-likeness (QED) is 0.456. The van der Waals surface area contributed by atoms with Crippen LogP contribution in [0.2, 0.25) is 10.0 Å². The van der Waals surface area contributed by atoms with Crippen LogP contribution < -0.4 is 9.62 Å². The molecule has 0 spiro atoms. The maximum atomic E-state index is 13.6. The van der Waals surface area contributed by atoms with E-state index in [0.717, 1.165) is 48.4 Å². The highest BCUT2D eigenvalue weighted by atomic mass is 35.5. The molecular weight excluding hydrogens is 528 g/mol. The van der Waals surface area contributed by atoms with E-state index in [9.17, 15) is 22.4 Å². The molecule has 3 rings (SSSR count). The molecule has 2 amide bonds. The summed E-state index contributed by atoms with van der Waals surface area (Å²) < 4.78 is 39.5. The summed E-state index contributed by atoms with van der Waals surface area (Å²) in [5.74, 6) is -1.40. The second-order valence-corrected chi connectivity index (χ2v) is 11.7. The fourth-order valence-corrected chi connectivity index (χ4v) is 5.51. The van der Waals surface area contributed by atoms with Crippen LogP contribution in [0.5, 0.6) is 0 Å². The Morgan fingerprint density at radius 2 is 1.72 bits per heavy atom. The first-order valence-electron chi connectivity index (χ1n) is 11.8. The highest BCUT2D eigenvalue weighted by Crippen LogP contribution is 2.25. The predicted molar refractivity (Wildman–Crippen MR) is 140 cm³/mol. The monoisotopic (exact) mass is 557 g/mol. The second kappa shape index (κ2) is 12.3. The first-order chi connectivity index (χ1) is 17.0. The molecule has 7 nitrogen and oxygen atoms in total. The van der Waals surface area contributed by atoms with Gasteiger partial charge in [0.25, 0.3) is 0 Å². The van der Waals surface area contributed by atoms with Gasteiger partial charge in [0.05, 0.1) is 22.0 Å². The molecular formula is C25H30Cl2FN3O4S. The van der Waals surface area contributed by atoms with Gasteiger partial charge in [-0.15, -0.1) is 0 Å². The normalized spacial score (nSPS) is 14.9. The van der Waals surface area contributed by atoms with Crippen LogP contribution in [0.25, 0.3) is 0 Å². The fourth-order valence-electron chi connectivity index (χ4n) is 4.34. The molecule has 1 atom stereocenters. The molecule has 196 valence electrons. The second-order valence-electron chi connectivity index (χ2n) is 8.93. The van der Waals surface area contributed by atoms with E-state index in [-0.39, 0.29) is 24.2 Å². The Bertz CT molecular complexity index is 1190. The molecule has 36 heavy (non-hydrogen) atoms. The molecule has 2 aromatic carbocycles. The maximum Gasteiger partial charge on any atom is 0.244 e. The van der Waals surface area contributed by atoms with Gasteiger partial charge in [-0.2, -0.15) is 0 Å². The van der Waals surface area contributed by atoms with Gasteiger partial charge >= 0.3 is 0 Å². The lowest BCUT2D eigenvalue weighted by Crippen LogP contribution is -2.53. The van der Waals surface area contributed by atoms with Crippen molar-refractivity contribution in [2.45, 2.75) is 57.7 Å². The van der Waals surface area contributed by atoms with Crippen molar-refractivity contribution in [1.82, 2.24) is 10.2 Å². The van der Waals surface area contributed by atoms with E-state index in [2.05, 4.69) is 5.32 Å².